The summed E-state index contributed by atoms with van der Waals surface area (Å²) in [6.45, 7) is 1.70. The van der Waals surface area contributed by atoms with Crippen molar-refractivity contribution in [2.24, 2.45) is 4.99 Å². The maximum absolute atomic E-state index is 14.4. The van der Waals surface area contributed by atoms with Crippen molar-refractivity contribution in [3.63, 3.8) is 0 Å². The molecule has 1 heterocycles. The highest BCUT2D eigenvalue weighted by Crippen LogP contribution is 2.41. The minimum atomic E-state index is -5.07. The van der Waals surface area contributed by atoms with Gasteiger partial charge in [-0.05, 0) is 48.6 Å². The second kappa shape index (κ2) is 9.12. The zero-order chi connectivity index (χ0) is 23.5. The van der Waals surface area contributed by atoms with Gasteiger partial charge in [0.15, 0.2) is 5.60 Å². The Labute approximate surface area is 181 Å². The molecule has 9 heteroatoms. The molecule has 0 bridgehead atoms. The Balaban J connectivity index is 2.05. The summed E-state index contributed by atoms with van der Waals surface area (Å²) >= 11 is 0. The molecule has 3 aromatic rings. The van der Waals surface area contributed by atoms with Crippen LogP contribution in [0.3, 0.4) is 0 Å². The molecule has 170 valence electrons. The zero-order valence-corrected chi connectivity index (χ0v) is 17.4. The van der Waals surface area contributed by atoms with Crippen molar-refractivity contribution in [2.75, 3.05) is 7.11 Å². The molecule has 32 heavy (non-hydrogen) atoms. The lowest BCUT2D eigenvalue weighted by atomic mass is 9.84. The standard InChI is InChI=1S/C23H22F4N2O3/c1-3-14(15-6-4-5-7-19(15)32-2)12-22(31,23(25,26)27)13-28-21-16-8-11-20(30)29-18(16)10-9-17(21)24/h4-11,13-14,31H,3,12H2,1-2H3,(H,29,30). The highest BCUT2D eigenvalue weighted by molar-refractivity contribution is 5.92. The first-order valence-electron chi connectivity index (χ1n) is 9.88. The van der Waals surface area contributed by atoms with Gasteiger partial charge in [-0.25, -0.2) is 4.39 Å². The third-order valence-corrected chi connectivity index (χ3v) is 5.35. The number of H-pyrrole nitrogens is 1. The van der Waals surface area contributed by atoms with E-state index in [1.165, 1.54) is 19.2 Å². The summed E-state index contributed by atoms with van der Waals surface area (Å²) in [6, 6.07) is 11.3. The number of aromatic amines is 1. The molecule has 0 fully saturated rings. The molecular formula is C23H22F4N2O3. The molecule has 0 aliphatic carbocycles. The molecule has 0 spiro atoms. The van der Waals surface area contributed by atoms with E-state index in [2.05, 4.69) is 9.98 Å². The molecule has 0 saturated heterocycles. The summed E-state index contributed by atoms with van der Waals surface area (Å²) in [6.07, 6.45) is -5.19. The van der Waals surface area contributed by atoms with Crippen LogP contribution < -0.4 is 10.3 Å². The molecule has 2 N–H and O–H groups in total. The summed E-state index contributed by atoms with van der Waals surface area (Å²) < 4.78 is 61.5. The van der Waals surface area contributed by atoms with Gasteiger partial charge in [-0.2, -0.15) is 13.2 Å². The van der Waals surface area contributed by atoms with Crippen LogP contribution >= 0.6 is 0 Å². The van der Waals surface area contributed by atoms with Gasteiger partial charge in [0.2, 0.25) is 5.56 Å². The van der Waals surface area contributed by atoms with Gasteiger partial charge in [0.1, 0.15) is 17.3 Å². The lowest BCUT2D eigenvalue weighted by Gasteiger charge is -2.31. The predicted octanol–water partition coefficient (Wildman–Crippen LogP) is 5.26. The molecule has 1 aromatic heterocycles. The van der Waals surface area contributed by atoms with Gasteiger partial charge < -0.3 is 14.8 Å². The molecule has 3 rings (SSSR count). The van der Waals surface area contributed by atoms with E-state index in [0.717, 1.165) is 12.1 Å². The van der Waals surface area contributed by atoms with Crippen LogP contribution in [0.15, 0.2) is 58.3 Å². The van der Waals surface area contributed by atoms with Crippen molar-refractivity contribution in [3.8, 4) is 5.75 Å². The van der Waals surface area contributed by atoms with Crippen molar-refractivity contribution >= 4 is 22.8 Å². The van der Waals surface area contributed by atoms with Crippen molar-refractivity contribution in [3.05, 3.63) is 70.3 Å². The quantitative estimate of drug-likeness (QED) is 0.381. The van der Waals surface area contributed by atoms with Crippen molar-refractivity contribution in [1.82, 2.24) is 4.98 Å². The van der Waals surface area contributed by atoms with Crippen LogP contribution in [0.4, 0.5) is 23.2 Å². The van der Waals surface area contributed by atoms with Gasteiger partial charge >= 0.3 is 6.18 Å². The van der Waals surface area contributed by atoms with E-state index in [-0.39, 0.29) is 17.3 Å². The highest BCUT2D eigenvalue weighted by Gasteiger charge is 2.53. The highest BCUT2D eigenvalue weighted by atomic mass is 19.4. The Bertz CT molecular complexity index is 1190. The van der Waals surface area contributed by atoms with Crippen molar-refractivity contribution in [1.29, 1.82) is 0 Å². The predicted molar refractivity (Wildman–Crippen MR) is 114 cm³/mol. The first kappa shape index (κ1) is 23.5. The molecule has 2 aromatic carbocycles. The van der Waals surface area contributed by atoms with Crippen LogP contribution in [0, 0.1) is 5.82 Å². The Kier molecular flexibility index (Phi) is 6.68. The van der Waals surface area contributed by atoms with Crippen LogP contribution in [0.1, 0.15) is 31.2 Å². The molecular weight excluding hydrogens is 428 g/mol. The number of ether oxygens (including phenoxy) is 1. The fourth-order valence-corrected chi connectivity index (χ4v) is 3.59. The van der Waals surface area contributed by atoms with Crippen LogP contribution in [0.25, 0.3) is 10.9 Å². The van der Waals surface area contributed by atoms with E-state index >= 15 is 0 Å². The van der Waals surface area contributed by atoms with Crippen LogP contribution in [-0.2, 0) is 0 Å². The van der Waals surface area contributed by atoms with Gasteiger partial charge in [-0.1, -0.05) is 25.1 Å². The number of aromatic nitrogens is 1. The summed E-state index contributed by atoms with van der Waals surface area (Å²) in [5, 5.41) is 10.8. The van der Waals surface area contributed by atoms with Gasteiger partial charge in [0.05, 0.1) is 12.6 Å². The van der Waals surface area contributed by atoms with Gasteiger partial charge in [-0.15, -0.1) is 0 Å². The molecule has 2 atom stereocenters. The van der Waals surface area contributed by atoms with Gasteiger partial charge in [-0.3, -0.25) is 9.79 Å². The first-order chi connectivity index (χ1) is 15.1. The number of rotatable bonds is 7. The number of para-hydroxylation sites is 1. The van der Waals surface area contributed by atoms with E-state index in [1.807, 2.05) is 0 Å². The zero-order valence-electron chi connectivity index (χ0n) is 17.4. The minimum Gasteiger partial charge on any atom is -0.496 e. The number of pyridine rings is 1. The summed E-state index contributed by atoms with van der Waals surface area (Å²) in [5.74, 6) is -1.19. The molecule has 0 aliphatic rings. The SMILES string of the molecule is CCC(CC(O)(C=Nc1c(F)ccc2[nH]c(=O)ccc12)C(F)(F)F)c1ccccc1OC. The largest absolute Gasteiger partial charge is 0.496 e. The number of nitrogens with one attached hydrogen (secondary N) is 1. The third kappa shape index (κ3) is 4.67. The van der Waals surface area contributed by atoms with Crippen LogP contribution in [0.2, 0.25) is 0 Å². The Morgan fingerprint density at radius 2 is 1.88 bits per heavy atom. The topological polar surface area (TPSA) is 74.7 Å². The van der Waals surface area contributed by atoms with E-state index < -0.39 is 41.2 Å². The third-order valence-electron chi connectivity index (χ3n) is 5.35. The van der Waals surface area contributed by atoms with E-state index in [4.69, 9.17) is 4.74 Å². The lowest BCUT2D eigenvalue weighted by molar-refractivity contribution is -0.232. The fraction of sp³-hybridized carbons (Fsp3) is 0.304. The molecule has 0 radical (unpaired) electrons. The summed E-state index contributed by atoms with van der Waals surface area (Å²) in [5.41, 5.74) is -3.46. The number of hydrogen-bond donors (Lipinski definition) is 2. The Hall–Kier alpha value is -3.20. The molecule has 0 saturated carbocycles. The Morgan fingerprint density at radius 3 is 2.53 bits per heavy atom. The number of aliphatic imine (C=N–C) groups is 1. The number of aliphatic hydroxyl groups is 1. The van der Waals surface area contributed by atoms with E-state index in [9.17, 15) is 27.5 Å². The summed E-state index contributed by atoms with van der Waals surface area (Å²) in [4.78, 5) is 17.7. The lowest BCUT2D eigenvalue weighted by Crippen LogP contribution is -2.47. The van der Waals surface area contributed by atoms with Gasteiger partial charge in [0.25, 0.3) is 0 Å². The average Bonchev–Trinajstić information content (AvgIpc) is 2.76. The maximum atomic E-state index is 14.4. The number of halogens is 4. The minimum absolute atomic E-state index is 0.113. The van der Waals surface area contributed by atoms with Crippen molar-refractivity contribution < 1.29 is 27.4 Å². The molecule has 5 nitrogen and oxygen atoms in total. The number of fused-ring (bicyclic) bond motifs is 1. The van der Waals surface area contributed by atoms with Crippen LogP contribution in [-0.4, -0.2) is 35.2 Å². The monoisotopic (exact) mass is 450 g/mol. The maximum Gasteiger partial charge on any atom is 0.422 e. The van der Waals surface area contributed by atoms with Crippen LogP contribution in [0.5, 0.6) is 5.75 Å². The number of hydrogen-bond acceptors (Lipinski definition) is 4. The van der Waals surface area contributed by atoms with E-state index in [1.54, 1.807) is 31.2 Å². The molecule has 0 amide bonds. The fourth-order valence-electron chi connectivity index (χ4n) is 3.59. The van der Waals surface area contributed by atoms with E-state index in [0.29, 0.717) is 17.5 Å². The summed E-state index contributed by atoms with van der Waals surface area (Å²) in [7, 11) is 1.41. The first-order valence-corrected chi connectivity index (χ1v) is 9.88. The normalized spacial score (nSPS) is 15.1. The molecule has 2 unspecified atom stereocenters. The Morgan fingerprint density at radius 1 is 1.16 bits per heavy atom. The average molecular weight is 450 g/mol. The second-order valence-electron chi connectivity index (χ2n) is 7.41. The van der Waals surface area contributed by atoms with Crippen molar-refractivity contribution in [2.45, 2.75) is 37.5 Å². The smallest absolute Gasteiger partial charge is 0.422 e. The number of alkyl halides is 3. The number of benzene rings is 2. The number of methoxy groups -OCH3 is 1. The molecule has 0 aliphatic heterocycles. The number of nitrogens with zero attached hydrogens (tertiary/aromatic N) is 1. The second-order valence-corrected chi connectivity index (χ2v) is 7.41. The van der Waals surface area contributed by atoms with Gasteiger partial charge in [0, 0.05) is 17.7 Å².